The van der Waals surface area contributed by atoms with E-state index >= 15 is 0 Å². The zero-order valence-electron chi connectivity index (χ0n) is 23.9. The molecule has 2 aromatic carbocycles. The maximum Gasteiger partial charge on any atom is 0.180 e. The molecule has 0 saturated heterocycles. The molecule has 0 bridgehead atoms. The Hall–Kier alpha value is -3.09. The Kier molecular flexibility index (Phi) is 8.67. The van der Waals surface area contributed by atoms with E-state index in [-0.39, 0.29) is 11.6 Å². The molecule has 2 aromatic rings. The summed E-state index contributed by atoms with van der Waals surface area (Å²) in [6.07, 6.45) is 5.06. The summed E-state index contributed by atoms with van der Waals surface area (Å²) in [5, 5.41) is 0.400. The highest BCUT2D eigenvalue weighted by atomic mass is 35.5. The van der Waals surface area contributed by atoms with Crippen LogP contribution in [0.15, 0.2) is 52.9 Å². The van der Waals surface area contributed by atoms with E-state index in [1.54, 1.807) is 14.2 Å². The fourth-order valence-corrected chi connectivity index (χ4v) is 6.56. The van der Waals surface area contributed by atoms with E-state index in [0.29, 0.717) is 42.6 Å². The Morgan fingerprint density at radius 2 is 1.57 bits per heavy atom. The van der Waals surface area contributed by atoms with Gasteiger partial charge in [-0.05, 0) is 80.3 Å². The highest BCUT2D eigenvalue weighted by molar-refractivity contribution is 6.32. The van der Waals surface area contributed by atoms with Crippen LogP contribution in [0.5, 0.6) is 11.5 Å². The van der Waals surface area contributed by atoms with E-state index in [2.05, 4.69) is 30.9 Å². The van der Waals surface area contributed by atoms with Crippen LogP contribution in [0.4, 0.5) is 0 Å². The molecule has 3 aliphatic rings. The number of carbonyl (C=O) groups excluding carboxylic acids is 2. The second-order valence-electron chi connectivity index (χ2n) is 10.9. The Labute approximate surface area is 241 Å². The third-order valence-electron chi connectivity index (χ3n) is 8.36. The number of hydrogen-bond acceptors (Lipinski definition) is 6. The van der Waals surface area contributed by atoms with Crippen molar-refractivity contribution in [1.29, 1.82) is 0 Å². The number of halogens is 1. The van der Waals surface area contributed by atoms with Gasteiger partial charge >= 0.3 is 0 Å². The zero-order chi connectivity index (χ0) is 28.4. The monoisotopic (exact) mass is 563 g/mol. The average molecular weight is 564 g/mol. The van der Waals surface area contributed by atoms with Gasteiger partial charge in [-0.15, -0.1) is 0 Å². The van der Waals surface area contributed by atoms with E-state index < -0.39 is 5.92 Å². The van der Waals surface area contributed by atoms with Crippen molar-refractivity contribution in [2.45, 2.75) is 71.3 Å². The molecule has 5 rings (SSSR count). The van der Waals surface area contributed by atoms with Gasteiger partial charge in [0.2, 0.25) is 0 Å². The van der Waals surface area contributed by atoms with Crippen LogP contribution in [-0.4, -0.2) is 43.8 Å². The predicted molar refractivity (Wildman–Crippen MR) is 156 cm³/mol. The van der Waals surface area contributed by atoms with Crippen LogP contribution in [-0.2, 0) is 20.9 Å². The summed E-state index contributed by atoms with van der Waals surface area (Å²) in [6, 6.07) is 9.98. The number of nitrogens with zero attached hydrogens (tertiary/aromatic N) is 1. The number of methoxy groups -OCH3 is 2. The van der Waals surface area contributed by atoms with E-state index in [9.17, 15) is 9.59 Å². The standard InChI is InChI=1S/C33H38ClNO5/c1-20-12-13-22(16-21(20)2)19-40-33-24(34)17-23(18-29(33)39-4)30-31-25(8-5-10-27(31)36)35(14-7-15-38-3)26-9-6-11-28(37)32(26)30/h12-13,16-18,30H,5-11,14-15,19H2,1-4H3. The van der Waals surface area contributed by atoms with Gasteiger partial charge in [-0.2, -0.15) is 0 Å². The summed E-state index contributed by atoms with van der Waals surface area (Å²) in [6.45, 7) is 5.86. The minimum Gasteiger partial charge on any atom is -0.493 e. The molecule has 212 valence electrons. The van der Waals surface area contributed by atoms with Gasteiger partial charge in [0.15, 0.2) is 23.1 Å². The molecule has 0 fully saturated rings. The summed E-state index contributed by atoms with van der Waals surface area (Å²) >= 11 is 6.86. The molecule has 2 aliphatic carbocycles. The molecule has 6 nitrogen and oxygen atoms in total. The number of rotatable bonds is 9. The van der Waals surface area contributed by atoms with Crippen LogP contribution in [0.2, 0.25) is 5.02 Å². The maximum atomic E-state index is 13.6. The summed E-state index contributed by atoms with van der Waals surface area (Å²) < 4.78 is 17.3. The Bertz CT molecular complexity index is 1350. The number of aryl methyl sites for hydroxylation is 2. The molecule has 0 atom stereocenters. The zero-order valence-corrected chi connectivity index (χ0v) is 24.7. The first-order chi connectivity index (χ1) is 19.3. The lowest BCUT2D eigenvalue weighted by molar-refractivity contribution is -0.117. The van der Waals surface area contributed by atoms with Crippen LogP contribution in [0, 0.1) is 13.8 Å². The Morgan fingerprint density at radius 3 is 2.17 bits per heavy atom. The minimum absolute atomic E-state index is 0.109. The molecule has 0 amide bonds. The van der Waals surface area contributed by atoms with Gasteiger partial charge in [-0.25, -0.2) is 0 Å². The fraction of sp³-hybridized carbons (Fsp3) is 0.455. The minimum atomic E-state index is -0.454. The summed E-state index contributed by atoms with van der Waals surface area (Å²) in [5.41, 5.74) is 7.83. The first-order valence-electron chi connectivity index (χ1n) is 14.2. The van der Waals surface area contributed by atoms with Crippen molar-refractivity contribution in [2.24, 2.45) is 0 Å². The van der Waals surface area contributed by atoms with Gasteiger partial charge < -0.3 is 19.1 Å². The molecule has 0 N–H and O–H groups in total. The van der Waals surface area contributed by atoms with Gasteiger partial charge in [0.05, 0.1) is 12.1 Å². The molecule has 40 heavy (non-hydrogen) atoms. The quantitative estimate of drug-likeness (QED) is 0.306. The molecular weight excluding hydrogens is 526 g/mol. The van der Waals surface area contributed by atoms with E-state index in [0.717, 1.165) is 72.3 Å². The lowest BCUT2D eigenvalue weighted by atomic mass is 9.71. The fourth-order valence-electron chi connectivity index (χ4n) is 6.28. The van der Waals surface area contributed by atoms with Gasteiger partial charge in [0.25, 0.3) is 0 Å². The van der Waals surface area contributed by atoms with Crippen molar-refractivity contribution in [1.82, 2.24) is 4.90 Å². The highest BCUT2D eigenvalue weighted by Crippen LogP contribution is 2.51. The first kappa shape index (κ1) is 28.4. The smallest absolute Gasteiger partial charge is 0.180 e. The molecule has 0 spiro atoms. The molecule has 7 heteroatoms. The molecule has 0 radical (unpaired) electrons. The van der Waals surface area contributed by atoms with Gasteiger partial charge in [0, 0.05) is 61.6 Å². The molecule has 0 saturated carbocycles. The second-order valence-corrected chi connectivity index (χ2v) is 11.4. The molecular formula is C33H38ClNO5. The lowest BCUT2D eigenvalue weighted by Gasteiger charge is -2.44. The van der Waals surface area contributed by atoms with Crippen molar-refractivity contribution < 1.29 is 23.8 Å². The van der Waals surface area contributed by atoms with Gasteiger partial charge in [-0.1, -0.05) is 29.8 Å². The summed E-state index contributed by atoms with van der Waals surface area (Å²) in [5.74, 6) is 0.710. The lowest BCUT2D eigenvalue weighted by Crippen LogP contribution is -2.39. The topological polar surface area (TPSA) is 65.1 Å². The predicted octanol–water partition coefficient (Wildman–Crippen LogP) is 6.99. The maximum absolute atomic E-state index is 13.6. The van der Waals surface area contributed by atoms with Crippen molar-refractivity contribution in [3.05, 3.63) is 80.1 Å². The summed E-state index contributed by atoms with van der Waals surface area (Å²) in [4.78, 5) is 29.4. The SMILES string of the molecule is COCCCN1C2=C(C(=O)CCC2)C(c2cc(Cl)c(OCc3ccc(C)c(C)c3)c(OC)c2)C2=C1CCCC2=O. The van der Waals surface area contributed by atoms with Crippen LogP contribution in [0.25, 0.3) is 0 Å². The Balaban J connectivity index is 1.56. The normalized spacial score (nSPS) is 17.8. The number of carbonyl (C=O) groups is 2. The molecule has 0 aromatic heterocycles. The second kappa shape index (κ2) is 12.2. The number of ketones is 2. The van der Waals surface area contributed by atoms with Gasteiger partial charge in [0.1, 0.15) is 6.61 Å². The molecule has 1 aliphatic heterocycles. The van der Waals surface area contributed by atoms with Crippen molar-refractivity contribution >= 4 is 23.2 Å². The van der Waals surface area contributed by atoms with Gasteiger partial charge in [-0.3, -0.25) is 9.59 Å². The highest BCUT2D eigenvalue weighted by Gasteiger charge is 2.43. The van der Waals surface area contributed by atoms with Crippen molar-refractivity contribution in [3.63, 3.8) is 0 Å². The third kappa shape index (κ3) is 5.44. The van der Waals surface area contributed by atoms with E-state index in [1.165, 1.54) is 11.1 Å². The number of Topliss-reactive ketones (excluding diaryl/α,β-unsaturated/α-hetero) is 2. The molecule has 0 unspecified atom stereocenters. The van der Waals surface area contributed by atoms with Crippen molar-refractivity contribution in [3.8, 4) is 11.5 Å². The van der Waals surface area contributed by atoms with E-state index in [1.807, 2.05) is 18.2 Å². The summed E-state index contributed by atoms with van der Waals surface area (Å²) in [7, 11) is 3.28. The number of benzene rings is 2. The van der Waals surface area contributed by atoms with Crippen LogP contribution < -0.4 is 9.47 Å². The average Bonchev–Trinajstić information content (AvgIpc) is 2.94. The van der Waals surface area contributed by atoms with E-state index in [4.69, 9.17) is 25.8 Å². The molecule has 1 heterocycles. The van der Waals surface area contributed by atoms with Crippen LogP contribution in [0.1, 0.15) is 73.1 Å². The number of allylic oxidation sites excluding steroid dienone is 4. The Morgan fingerprint density at radius 1 is 0.900 bits per heavy atom. The number of ether oxygens (including phenoxy) is 3. The van der Waals surface area contributed by atoms with Crippen LogP contribution >= 0.6 is 11.6 Å². The van der Waals surface area contributed by atoms with Crippen molar-refractivity contribution in [2.75, 3.05) is 27.4 Å². The number of hydrogen-bond donors (Lipinski definition) is 0. The van der Waals surface area contributed by atoms with Crippen LogP contribution in [0.3, 0.4) is 0 Å². The third-order valence-corrected chi connectivity index (χ3v) is 8.64. The first-order valence-corrected chi connectivity index (χ1v) is 14.6. The largest absolute Gasteiger partial charge is 0.493 e.